The van der Waals surface area contributed by atoms with Gasteiger partial charge in [0.25, 0.3) is 0 Å². The third kappa shape index (κ3) is 4.31. The van der Waals surface area contributed by atoms with Gasteiger partial charge >= 0.3 is 12.2 Å². The molecular weight excluding hydrogens is 307 g/mol. The molecule has 7 heteroatoms. The van der Waals surface area contributed by atoms with Gasteiger partial charge in [-0.15, -0.1) is 0 Å². The fourth-order valence-electron chi connectivity index (χ4n) is 4.52. The minimum atomic E-state index is -4.14. The number of alkyl halides is 3. The first-order chi connectivity index (χ1) is 10.9. The minimum absolute atomic E-state index is 0.0177. The van der Waals surface area contributed by atoms with Crippen LogP contribution in [0.3, 0.4) is 0 Å². The van der Waals surface area contributed by atoms with Crippen molar-refractivity contribution in [3.05, 3.63) is 0 Å². The first kappa shape index (κ1) is 16.9. The monoisotopic (exact) mass is 333 g/mol. The molecule has 0 aromatic rings. The van der Waals surface area contributed by atoms with Crippen LogP contribution >= 0.6 is 0 Å². The number of urea groups is 1. The summed E-state index contributed by atoms with van der Waals surface area (Å²) in [6.45, 7) is 1.35. The van der Waals surface area contributed by atoms with Crippen LogP contribution in [-0.2, 0) is 0 Å². The number of hydrogen-bond donors (Lipinski definition) is 1. The molecule has 3 aliphatic rings. The number of nitrogens with one attached hydrogen (secondary N) is 1. The highest BCUT2D eigenvalue weighted by molar-refractivity contribution is 5.74. The fourth-order valence-corrected chi connectivity index (χ4v) is 4.52. The number of carbonyl (C=O) groups excluding carboxylic acids is 1. The van der Waals surface area contributed by atoms with Crippen LogP contribution in [0.15, 0.2) is 0 Å². The Morgan fingerprint density at radius 3 is 2.65 bits per heavy atom. The summed E-state index contributed by atoms with van der Waals surface area (Å²) in [6.07, 6.45) is 2.41. The zero-order chi connectivity index (χ0) is 16.4. The molecule has 3 rings (SSSR count). The summed E-state index contributed by atoms with van der Waals surface area (Å²) in [5.41, 5.74) is 0. The third-order valence-electron chi connectivity index (χ3n) is 5.57. The number of nitrogens with zero attached hydrogens (tertiary/aromatic N) is 2. The lowest BCUT2D eigenvalue weighted by Crippen LogP contribution is -2.51. The Hall–Kier alpha value is -0.980. The number of hydrogen-bond acceptors (Lipinski definition) is 2. The summed E-state index contributed by atoms with van der Waals surface area (Å²) in [5.74, 6) is 0.786. The molecule has 3 fully saturated rings. The van der Waals surface area contributed by atoms with E-state index in [0.717, 1.165) is 25.8 Å². The molecule has 1 aliphatic carbocycles. The van der Waals surface area contributed by atoms with Gasteiger partial charge in [-0.1, -0.05) is 6.42 Å². The van der Waals surface area contributed by atoms with Crippen molar-refractivity contribution in [1.82, 2.24) is 15.1 Å². The molecule has 2 amide bonds. The van der Waals surface area contributed by atoms with Crippen molar-refractivity contribution in [2.24, 2.45) is 11.8 Å². The summed E-state index contributed by atoms with van der Waals surface area (Å²) in [7, 11) is 0. The molecule has 0 bridgehead atoms. The van der Waals surface area contributed by atoms with Crippen LogP contribution in [0, 0.1) is 11.8 Å². The second-order valence-corrected chi connectivity index (χ2v) is 7.29. The second kappa shape index (κ2) is 6.87. The molecule has 2 saturated heterocycles. The van der Waals surface area contributed by atoms with Gasteiger partial charge in [-0.25, -0.2) is 4.79 Å². The van der Waals surface area contributed by atoms with Gasteiger partial charge in [-0.05, 0) is 50.5 Å². The Kier molecular flexibility index (Phi) is 5.04. The lowest BCUT2D eigenvalue weighted by atomic mass is 9.92. The first-order valence-corrected chi connectivity index (χ1v) is 8.76. The van der Waals surface area contributed by atoms with Crippen LogP contribution in [0.4, 0.5) is 18.0 Å². The lowest BCUT2D eigenvalue weighted by molar-refractivity contribution is -0.143. The molecule has 1 N–H and O–H groups in total. The van der Waals surface area contributed by atoms with Gasteiger partial charge in [0, 0.05) is 25.7 Å². The molecule has 2 aliphatic heterocycles. The number of likely N-dealkylation sites (tertiary alicyclic amines) is 2. The van der Waals surface area contributed by atoms with Crippen LogP contribution < -0.4 is 5.32 Å². The summed E-state index contributed by atoms with van der Waals surface area (Å²) in [6, 6.07) is 0.366. The van der Waals surface area contributed by atoms with Crippen molar-refractivity contribution < 1.29 is 18.0 Å². The maximum atomic E-state index is 12.4. The van der Waals surface area contributed by atoms with E-state index < -0.39 is 12.7 Å². The number of amides is 2. The maximum Gasteiger partial charge on any atom is 0.401 e. The molecule has 0 aromatic heterocycles. The van der Waals surface area contributed by atoms with Crippen molar-refractivity contribution in [3.63, 3.8) is 0 Å². The van der Waals surface area contributed by atoms with E-state index >= 15 is 0 Å². The maximum absolute atomic E-state index is 12.4. The zero-order valence-corrected chi connectivity index (χ0v) is 13.4. The largest absolute Gasteiger partial charge is 0.401 e. The molecule has 1 saturated carbocycles. The van der Waals surface area contributed by atoms with Gasteiger partial charge in [0.1, 0.15) is 0 Å². The first-order valence-electron chi connectivity index (χ1n) is 8.76. The number of halogens is 3. The summed E-state index contributed by atoms with van der Waals surface area (Å²) < 4.78 is 37.2. The normalized spacial score (nSPS) is 32.1. The molecule has 0 spiro atoms. The van der Waals surface area contributed by atoms with Crippen molar-refractivity contribution in [1.29, 1.82) is 0 Å². The van der Waals surface area contributed by atoms with Gasteiger partial charge in [-0.2, -0.15) is 13.2 Å². The highest BCUT2D eigenvalue weighted by Gasteiger charge is 2.38. The Morgan fingerprint density at radius 1 is 1.09 bits per heavy atom. The van der Waals surface area contributed by atoms with Crippen LogP contribution in [0.25, 0.3) is 0 Å². The minimum Gasteiger partial charge on any atom is -0.338 e. The van der Waals surface area contributed by atoms with Crippen LogP contribution in [0.2, 0.25) is 0 Å². The fraction of sp³-hybridized carbons (Fsp3) is 0.938. The average molecular weight is 333 g/mol. The summed E-state index contributed by atoms with van der Waals surface area (Å²) in [5, 5.41) is 2.97. The molecule has 0 aromatic carbocycles. The standard InChI is InChI=1S/C16H26F3N3O/c17-16(18,19)11-21-8-6-12(10-21)9-20-15(23)22-7-2-4-13-3-1-5-14(13)22/h12-14H,1-11H2,(H,20,23)/t12-,13-,14-/m0/s1. The lowest BCUT2D eigenvalue weighted by Gasteiger charge is -2.37. The molecule has 4 nitrogen and oxygen atoms in total. The van der Waals surface area contributed by atoms with Crippen LogP contribution in [0.5, 0.6) is 0 Å². The quantitative estimate of drug-likeness (QED) is 0.862. The Bertz CT molecular complexity index is 429. The van der Waals surface area contributed by atoms with E-state index in [4.69, 9.17) is 0 Å². The highest BCUT2D eigenvalue weighted by atomic mass is 19.4. The number of fused-ring (bicyclic) bond motifs is 1. The Morgan fingerprint density at radius 2 is 1.87 bits per heavy atom. The summed E-state index contributed by atoms with van der Waals surface area (Å²) in [4.78, 5) is 15.8. The van der Waals surface area contributed by atoms with E-state index in [1.807, 2.05) is 4.90 Å². The van der Waals surface area contributed by atoms with Gasteiger partial charge < -0.3 is 10.2 Å². The van der Waals surface area contributed by atoms with Crippen molar-refractivity contribution in [2.45, 2.75) is 50.7 Å². The Balaban J connectivity index is 1.43. The summed E-state index contributed by atoms with van der Waals surface area (Å²) >= 11 is 0. The smallest absolute Gasteiger partial charge is 0.338 e. The average Bonchev–Trinajstić information content (AvgIpc) is 3.11. The van der Waals surface area contributed by atoms with Gasteiger partial charge in [0.15, 0.2) is 0 Å². The van der Waals surface area contributed by atoms with E-state index in [-0.39, 0.29) is 11.9 Å². The molecule has 0 radical (unpaired) electrons. The number of rotatable bonds is 3. The van der Waals surface area contributed by atoms with Gasteiger partial charge in [0.05, 0.1) is 6.54 Å². The van der Waals surface area contributed by atoms with Crippen molar-refractivity contribution in [3.8, 4) is 0 Å². The van der Waals surface area contributed by atoms with E-state index in [2.05, 4.69) is 5.32 Å². The van der Waals surface area contributed by atoms with Crippen LogP contribution in [-0.4, -0.2) is 60.8 Å². The van der Waals surface area contributed by atoms with E-state index in [9.17, 15) is 18.0 Å². The zero-order valence-electron chi connectivity index (χ0n) is 13.4. The van der Waals surface area contributed by atoms with Crippen molar-refractivity contribution in [2.75, 3.05) is 32.7 Å². The number of piperidine rings is 1. The predicted molar refractivity (Wildman–Crippen MR) is 81.1 cm³/mol. The highest BCUT2D eigenvalue weighted by Crippen LogP contribution is 2.36. The van der Waals surface area contributed by atoms with Gasteiger partial charge in [-0.3, -0.25) is 4.90 Å². The third-order valence-corrected chi connectivity index (χ3v) is 5.57. The van der Waals surface area contributed by atoms with E-state index in [1.54, 1.807) is 0 Å². The van der Waals surface area contributed by atoms with Gasteiger partial charge in [0.2, 0.25) is 0 Å². The van der Waals surface area contributed by atoms with E-state index in [0.29, 0.717) is 31.6 Å². The molecule has 132 valence electrons. The molecular formula is C16H26F3N3O. The Labute approximate surface area is 135 Å². The molecule has 23 heavy (non-hydrogen) atoms. The SMILES string of the molecule is O=C(NC[C@@H]1CCN(CC(F)(F)F)C1)N1CCC[C@@H]2CCC[C@@H]21. The van der Waals surface area contributed by atoms with Crippen molar-refractivity contribution >= 4 is 6.03 Å². The topological polar surface area (TPSA) is 35.6 Å². The molecule has 2 heterocycles. The molecule has 3 atom stereocenters. The molecule has 0 unspecified atom stereocenters. The van der Waals surface area contributed by atoms with E-state index in [1.165, 1.54) is 24.2 Å². The van der Waals surface area contributed by atoms with Crippen LogP contribution in [0.1, 0.15) is 38.5 Å². The predicted octanol–water partition coefficient (Wildman–Crippen LogP) is 2.84. The number of carbonyl (C=O) groups is 1. The second-order valence-electron chi connectivity index (χ2n) is 7.29.